The molecule has 26 heavy (non-hydrogen) atoms. The Morgan fingerprint density at radius 1 is 1.23 bits per heavy atom. The molecule has 138 valence electrons. The van der Waals surface area contributed by atoms with Crippen LogP contribution in [-0.4, -0.2) is 41.8 Å². The highest BCUT2D eigenvalue weighted by atomic mass is 16.5. The number of aryl methyl sites for hydroxylation is 1. The first-order valence-corrected chi connectivity index (χ1v) is 8.73. The lowest BCUT2D eigenvalue weighted by atomic mass is 10.2. The molecule has 0 aliphatic heterocycles. The molecule has 0 radical (unpaired) electrons. The van der Waals surface area contributed by atoms with Gasteiger partial charge in [-0.05, 0) is 45.4 Å². The Morgan fingerprint density at radius 2 is 1.92 bits per heavy atom. The van der Waals surface area contributed by atoms with E-state index in [2.05, 4.69) is 51.4 Å². The van der Waals surface area contributed by atoms with Gasteiger partial charge in [-0.3, -0.25) is 0 Å². The number of benzene rings is 1. The van der Waals surface area contributed by atoms with E-state index < -0.39 is 5.97 Å². The first-order chi connectivity index (χ1) is 12.6. The number of hydrogen-bond acceptors (Lipinski definition) is 7. The molecule has 7 heteroatoms. The SMILES string of the molecule is CCOC(=O)c1cnc(NN=Cc2ccc(N(CC)CC)cc2)nc1C. The van der Waals surface area contributed by atoms with Gasteiger partial charge in [-0.1, -0.05) is 12.1 Å². The Hall–Kier alpha value is -2.96. The van der Waals surface area contributed by atoms with E-state index in [-0.39, 0.29) is 0 Å². The minimum absolute atomic E-state index is 0.315. The second kappa shape index (κ2) is 9.50. The molecule has 0 aliphatic rings. The van der Waals surface area contributed by atoms with Crippen molar-refractivity contribution in [3.8, 4) is 0 Å². The summed E-state index contributed by atoms with van der Waals surface area (Å²) in [7, 11) is 0. The van der Waals surface area contributed by atoms with Crippen LogP contribution in [0.1, 0.15) is 42.4 Å². The number of hydrogen-bond donors (Lipinski definition) is 1. The van der Waals surface area contributed by atoms with Gasteiger partial charge in [0.05, 0.1) is 24.1 Å². The monoisotopic (exact) mass is 355 g/mol. The van der Waals surface area contributed by atoms with Crippen LogP contribution in [0, 0.1) is 6.92 Å². The first kappa shape index (κ1) is 19.4. The lowest BCUT2D eigenvalue weighted by Gasteiger charge is -2.20. The van der Waals surface area contributed by atoms with Crippen molar-refractivity contribution in [3.63, 3.8) is 0 Å². The van der Waals surface area contributed by atoms with Crippen LogP contribution in [0.4, 0.5) is 11.6 Å². The van der Waals surface area contributed by atoms with Crippen molar-refractivity contribution < 1.29 is 9.53 Å². The molecule has 1 heterocycles. The standard InChI is InChI=1S/C19H25N5O2/c1-5-24(6-2)16-10-8-15(9-11-16)12-21-23-19-20-13-17(14(4)22-19)18(25)26-7-3/h8-13H,5-7H2,1-4H3,(H,20,22,23). The van der Waals surface area contributed by atoms with E-state index >= 15 is 0 Å². The summed E-state index contributed by atoms with van der Waals surface area (Å²) in [5, 5.41) is 4.15. The molecule has 0 saturated carbocycles. The number of aromatic nitrogens is 2. The fraction of sp³-hybridized carbons (Fsp3) is 0.368. The fourth-order valence-corrected chi connectivity index (χ4v) is 2.45. The largest absolute Gasteiger partial charge is 0.462 e. The number of carbonyl (C=O) groups is 1. The normalized spacial score (nSPS) is 10.8. The van der Waals surface area contributed by atoms with Gasteiger partial charge >= 0.3 is 5.97 Å². The highest BCUT2D eigenvalue weighted by molar-refractivity contribution is 5.90. The average molecular weight is 355 g/mol. The molecular formula is C19H25N5O2. The van der Waals surface area contributed by atoms with E-state index in [4.69, 9.17) is 4.74 Å². The third-order valence-corrected chi connectivity index (χ3v) is 3.87. The van der Waals surface area contributed by atoms with Gasteiger partial charge in [-0.25, -0.2) is 20.2 Å². The summed E-state index contributed by atoms with van der Waals surface area (Å²) in [6, 6.07) is 8.16. The minimum Gasteiger partial charge on any atom is -0.462 e. The third-order valence-electron chi connectivity index (χ3n) is 3.87. The molecule has 0 amide bonds. The molecule has 0 spiro atoms. The Kier molecular flexibility index (Phi) is 7.08. The molecule has 0 unspecified atom stereocenters. The maximum Gasteiger partial charge on any atom is 0.341 e. The van der Waals surface area contributed by atoms with Gasteiger partial charge in [0.25, 0.3) is 0 Å². The summed E-state index contributed by atoms with van der Waals surface area (Å²) >= 11 is 0. The predicted molar refractivity (Wildman–Crippen MR) is 104 cm³/mol. The van der Waals surface area contributed by atoms with E-state index in [0.717, 1.165) is 18.7 Å². The lowest BCUT2D eigenvalue weighted by Crippen LogP contribution is -2.21. The highest BCUT2D eigenvalue weighted by Gasteiger charge is 2.12. The fourth-order valence-electron chi connectivity index (χ4n) is 2.45. The summed E-state index contributed by atoms with van der Waals surface area (Å²) in [6.45, 7) is 10.0. The van der Waals surface area contributed by atoms with E-state index in [1.165, 1.54) is 11.9 Å². The van der Waals surface area contributed by atoms with Gasteiger partial charge in [0, 0.05) is 25.0 Å². The predicted octanol–water partition coefficient (Wildman–Crippen LogP) is 3.25. The van der Waals surface area contributed by atoms with Gasteiger partial charge in [0.2, 0.25) is 5.95 Å². The van der Waals surface area contributed by atoms with Crippen molar-refractivity contribution in [2.24, 2.45) is 5.10 Å². The number of rotatable bonds is 8. The Balaban J connectivity index is 2.00. The van der Waals surface area contributed by atoms with Crippen molar-refractivity contribution >= 4 is 23.8 Å². The van der Waals surface area contributed by atoms with Gasteiger partial charge in [-0.15, -0.1) is 0 Å². The summed E-state index contributed by atoms with van der Waals surface area (Å²) in [5.74, 6) is -0.0973. The Labute approximate surface area is 154 Å². The number of esters is 1. The van der Waals surface area contributed by atoms with Crippen LogP contribution in [0.5, 0.6) is 0 Å². The van der Waals surface area contributed by atoms with E-state index in [9.17, 15) is 4.79 Å². The molecule has 7 nitrogen and oxygen atoms in total. The zero-order valence-electron chi connectivity index (χ0n) is 15.7. The number of ether oxygens (including phenoxy) is 1. The molecule has 1 N–H and O–H groups in total. The average Bonchev–Trinajstić information content (AvgIpc) is 2.64. The maximum absolute atomic E-state index is 11.7. The summed E-state index contributed by atoms with van der Waals surface area (Å²) in [6.07, 6.45) is 3.14. The van der Waals surface area contributed by atoms with Crippen molar-refractivity contribution in [1.82, 2.24) is 9.97 Å². The zero-order valence-corrected chi connectivity index (χ0v) is 15.7. The number of anilines is 2. The lowest BCUT2D eigenvalue weighted by molar-refractivity contribution is 0.0524. The molecule has 0 atom stereocenters. The van der Waals surface area contributed by atoms with Gasteiger partial charge in [0.1, 0.15) is 0 Å². The zero-order chi connectivity index (χ0) is 18.9. The van der Waals surface area contributed by atoms with Crippen molar-refractivity contribution in [2.45, 2.75) is 27.7 Å². The quantitative estimate of drug-likeness (QED) is 0.445. The summed E-state index contributed by atoms with van der Waals surface area (Å²) in [5.41, 5.74) is 5.83. The number of hydrazone groups is 1. The van der Waals surface area contributed by atoms with Crippen LogP contribution in [0.3, 0.4) is 0 Å². The topological polar surface area (TPSA) is 79.7 Å². The molecular weight excluding hydrogens is 330 g/mol. The molecule has 1 aromatic carbocycles. The van der Waals surface area contributed by atoms with E-state index in [1.54, 1.807) is 20.1 Å². The minimum atomic E-state index is -0.423. The van der Waals surface area contributed by atoms with Crippen LogP contribution in [0.2, 0.25) is 0 Å². The second-order valence-corrected chi connectivity index (χ2v) is 5.55. The van der Waals surface area contributed by atoms with Gasteiger partial charge < -0.3 is 9.64 Å². The first-order valence-electron chi connectivity index (χ1n) is 8.73. The molecule has 2 rings (SSSR count). The van der Waals surface area contributed by atoms with Crippen LogP contribution in [-0.2, 0) is 4.74 Å². The Bertz CT molecular complexity index is 755. The Morgan fingerprint density at radius 3 is 2.50 bits per heavy atom. The van der Waals surface area contributed by atoms with Crippen LogP contribution >= 0.6 is 0 Å². The number of nitrogens with zero attached hydrogens (tertiary/aromatic N) is 4. The summed E-state index contributed by atoms with van der Waals surface area (Å²) < 4.78 is 4.96. The maximum atomic E-state index is 11.7. The van der Waals surface area contributed by atoms with Crippen LogP contribution in [0.15, 0.2) is 35.6 Å². The van der Waals surface area contributed by atoms with E-state index in [1.807, 2.05) is 12.1 Å². The molecule has 0 saturated heterocycles. The van der Waals surface area contributed by atoms with Gasteiger partial charge in [-0.2, -0.15) is 5.10 Å². The van der Waals surface area contributed by atoms with Crippen LogP contribution in [0.25, 0.3) is 0 Å². The van der Waals surface area contributed by atoms with Crippen LogP contribution < -0.4 is 10.3 Å². The highest BCUT2D eigenvalue weighted by Crippen LogP contribution is 2.14. The van der Waals surface area contributed by atoms with Crippen molar-refractivity contribution in [1.29, 1.82) is 0 Å². The molecule has 0 bridgehead atoms. The van der Waals surface area contributed by atoms with E-state index in [0.29, 0.717) is 23.8 Å². The number of nitrogens with one attached hydrogen (secondary N) is 1. The summed E-state index contributed by atoms with van der Waals surface area (Å²) in [4.78, 5) is 22.3. The molecule has 0 fully saturated rings. The molecule has 2 aromatic rings. The van der Waals surface area contributed by atoms with Crippen molar-refractivity contribution in [3.05, 3.63) is 47.3 Å². The smallest absolute Gasteiger partial charge is 0.341 e. The number of carbonyl (C=O) groups excluding carboxylic acids is 1. The van der Waals surface area contributed by atoms with Crippen molar-refractivity contribution in [2.75, 3.05) is 30.0 Å². The van der Waals surface area contributed by atoms with Gasteiger partial charge in [0.15, 0.2) is 0 Å². The third kappa shape index (κ3) is 5.02. The molecule has 0 aliphatic carbocycles. The molecule has 1 aromatic heterocycles. The second-order valence-electron chi connectivity index (χ2n) is 5.55.